The summed E-state index contributed by atoms with van der Waals surface area (Å²) in [5.74, 6) is -0.0978. The Hall–Kier alpha value is -1.57. The van der Waals surface area contributed by atoms with Crippen molar-refractivity contribution in [2.24, 2.45) is 0 Å². The molecule has 1 N–H and O–H groups in total. The summed E-state index contributed by atoms with van der Waals surface area (Å²) in [5.41, 5.74) is 2.80. The number of thiazole rings is 1. The van der Waals surface area contributed by atoms with Crippen LogP contribution >= 0.6 is 11.3 Å². The molecule has 0 radical (unpaired) electrons. The van der Waals surface area contributed by atoms with Crippen LogP contribution in [0.25, 0.3) is 0 Å². The van der Waals surface area contributed by atoms with E-state index in [1.807, 2.05) is 0 Å². The maximum atomic E-state index is 12.0. The molecule has 0 aliphatic heterocycles. The van der Waals surface area contributed by atoms with Crippen molar-refractivity contribution in [1.29, 1.82) is 0 Å². The van der Waals surface area contributed by atoms with Crippen LogP contribution in [-0.2, 0) is 16.6 Å². The Bertz CT molecular complexity index is 662. The van der Waals surface area contributed by atoms with Crippen molar-refractivity contribution < 1.29 is 13.2 Å². The third-order valence-electron chi connectivity index (χ3n) is 2.50. The highest BCUT2D eigenvalue weighted by molar-refractivity contribution is 7.89. The van der Waals surface area contributed by atoms with Crippen LogP contribution in [0.5, 0.6) is 0 Å². The minimum atomic E-state index is -3.58. The fraction of sp³-hybridized carbons (Fsp3) is 0.167. The molecule has 19 heavy (non-hydrogen) atoms. The summed E-state index contributed by atoms with van der Waals surface area (Å²) in [6.07, 6.45) is 0. The fourth-order valence-electron chi connectivity index (χ4n) is 1.45. The Morgan fingerprint density at radius 3 is 2.53 bits per heavy atom. The lowest BCUT2D eigenvalue weighted by atomic mass is 10.2. The average Bonchev–Trinajstić information content (AvgIpc) is 2.90. The predicted molar refractivity (Wildman–Crippen MR) is 72.6 cm³/mol. The van der Waals surface area contributed by atoms with Crippen LogP contribution in [0.15, 0.2) is 40.1 Å². The number of aromatic nitrogens is 1. The zero-order valence-electron chi connectivity index (χ0n) is 10.2. The van der Waals surface area contributed by atoms with Crippen LogP contribution in [0, 0.1) is 0 Å². The van der Waals surface area contributed by atoms with Gasteiger partial charge in [-0.2, -0.15) is 0 Å². The fourth-order valence-corrected chi connectivity index (χ4v) is 3.00. The minimum Gasteiger partial charge on any atom is -0.295 e. The number of carbonyl (C=O) groups is 1. The molecule has 0 fully saturated rings. The molecule has 0 bridgehead atoms. The van der Waals surface area contributed by atoms with Gasteiger partial charge in [0.1, 0.15) is 0 Å². The van der Waals surface area contributed by atoms with E-state index in [0.717, 1.165) is 0 Å². The molecule has 0 saturated carbocycles. The number of nitrogens with one attached hydrogen (secondary N) is 1. The van der Waals surface area contributed by atoms with Crippen molar-refractivity contribution in [2.45, 2.75) is 18.4 Å². The minimum absolute atomic E-state index is 0.0978. The summed E-state index contributed by atoms with van der Waals surface area (Å²) >= 11 is 1.41. The van der Waals surface area contributed by atoms with Gasteiger partial charge in [-0.1, -0.05) is 12.1 Å². The number of hydrogen-bond acceptors (Lipinski definition) is 5. The number of rotatable bonds is 5. The molecular formula is C12H12N2O3S2. The van der Waals surface area contributed by atoms with Gasteiger partial charge >= 0.3 is 0 Å². The van der Waals surface area contributed by atoms with Crippen LogP contribution in [0.4, 0.5) is 0 Å². The highest BCUT2D eigenvalue weighted by Crippen LogP contribution is 2.11. The van der Waals surface area contributed by atoms with Crippen molar-refractivity contribution in [1.82, 2.24) is 9.71 Å². The number of sulfonamides is 1. The molecule has 0 unspecified atom stereocenters. The molecule has 0 atom stereocenters. The van der Waals surface area contributed by atoms with Gasteiger partial charge in [0.25, 0.3) is 0 Å². The third kappa shape index (κ3) is 3.46. The van der Waals surface area contributed by atoms with Crippen LogP contribution < -0.4 is 4.72 Å². The maximum absolute atomic E-state index is 12.0. The molecule has 5 nitrogen and oxygen atoms in total. The van der Waals surface area contributed by atoms with E-state index < -0.39 is 10.0 Å². The Morgan fingerprint density at radius 2 is 2.00 bits per heavy atom. The number of Topliss-reactive ketones (excluding diaryl/α,β-unsaturated/α-hetero) is 1. The molecule has 2 aromatic rings. The van der Waals surface area contributed by atoms with E-state index >= 15 is 0 Å². The van der Waals surface area contributed by atoms with Crippen LogP contribution in [0.1, 0.15) is 23.0 Å². The molecule has 0 aliphatic rings. The summed E-state index contributed by atoms with van der Waals surface area (Å²) in [6, 6.07) is 5.83. The average molecular weight is 296 g/mol. The lowest BCUT2D eigenvalue weighted by molar-refractivity contribution is 0.101. The zero-order valence-corrected chi connectivity index (χ0v) is 11.8. The number of carbonyl (C=O) groups excluding carboxylic acids is 1. The molecule has 0 amide bonds. The Morgan fingerprint density at radius 1 is 1.32 bits per heavy atom. The summed E-state index contributed by atoms with van der Waals surface area (Å²) in [5, 5.41) is 1.78. The van der Waals surface area contributed by atoms with E-state index in [0.29, 0.717) is 11.3 Å². The second-order valence-electron chi connectivity index (χ2n) is 3.88. The van der Waals surface area contributed by atoms with E-state index in [4.69, 9.17) is 0 Å². The molecule has 1 aromatic carbocycles. The summed E-state index contributed by atoms with van der Waals surface area (Å²) in [4.78, 5) is 15.2. The normalized spacial score (nSPS) is 11.4. The summed E-state index contributed by atoms with van der Waals surface area (Å²) in [7, 11) is -3.58. The first kappa shape index (κ1) is 13.9. The Labute approximate surface area is 115 Å². The van der Waals surface area contributed by atoms with E-state index in [2.05, 4.69) is 9.71 Å². The predicted octanol–water partition coefficient (Wildman–Crippen LogP) is 1.82. The number of hydrogen-bond donors (Lipinski definition) is 1. The van der Waals surface area contributed by atoms with Crippen LogP contribution in [0.3, 0.4) is 0 Å². The SMILES string of the molecule is CC(=O)c1ccc(S(=O)(=O)NCc2cscn2)cc1. The monoisotopic (exact) mass is 296 g/mol. The molecule has 2 rings (SSSR count). The highest BCUT2D eigenvalue weighted by atomic mass is 32.2. The first-order valence-electron chi connectivity index (χ1n) is 5.47. The lowest BCUT2D eigenvalue weighted by Gasteiger charge is -2.05. The van der Waals surface area contributed by atoms with Crippen molar-refractivity contribution >= 4 is 27.1 Å². The molecule has 1 heterocycles. The Balaban J connectivity index is 2.13. The van der Waals surface area contributed by atoms with E-state index in [-0.39, 0.29) is 17.2 Å². The van der Waals surface area contributed by atoms with Gasteiger partial charge in [0.05, 0.1) is 22.6 Å². The molecular weight excluding hydrogens is 284 g/mol. The number of ketones is 1. The van der Waals surface area contributed by atoms with Crippen LogP contribution in [0.2, 0.25) is 0 Å². The maximum Gasteiger partial charge on any atom is 0.240 e. The highest BCUT2D eigenvalue weighted by Gasteiger charge is 2.14. The van der Waals surface area contributed by atoms with Gasteiger partial charge in [-0.05, 0) is 19.1 Å². The van der Waals surface area contributed by atoms with E-state index in [9.17, 15) is 13.2 Å². The molecule has 7 heteroatoms. The van der Waals surface area contributed by atoms with Gasteiger partial charge in [0.15, 0.2) is 5.78 Å². The van der Waals surface area contributed by atoms with E-state index in [1.54, 1.807) is 10.9 Å². The summed E-state index contributed by atoms with van der Waals surface area (Å²) in [6.45, 7) is 1.59. The molecule has 100 valence electrons. The standard InChI is InChI=1S/C12H12N2O3S2/c1-9(15)10-2-4-12(5-3-10)19(16,17)14-6-11-7-18-8-13-11/h2-5,7-8,14H,6H2,1H3. The molecule has 0 saturated heterocycles. The van der Waals surface area contributed by atoms with Gasteiger partial charge in [-0.25, -0.2) is 18.1 Å². The third-order valence-corrected chi connectivity index (χ3v) is 4.55. The molecule has 0 spiro atoms. The lowest BCUT2D eigenvalue weighted by Crippen LogP contribution is -2.23. The van der Waals surface area contributed by atoms with Gasteiger partial charge in [0, 0.05) is 10.9 Å². The summed E-state index contributed by atoms with van der Waals surface area (Å²) < 4.78 is 26.4. The van der Waals surface area contributed by atoms with Crippen molar-refractivity contribution in [3.63, 3.8) is 0 Å². The zero-order chi connectivity index (χ0) is 13.9. The van der Waals surface area contributed by atoms with Crippen molar-refractivity contribution in [3.8, 4) is 0 Å². The second kappa shape index (κ2) is 5.60. The smallest absolute Gasteiger partial charge is 0.240 e. The van der Waals surface area contributed by atoms with Gasteiger partial charge in [-0.3, -0.25) is 4.79 Å². The van der Waals surface area contributed by atoms with Gasteiger partial charge in [-0.15, -0.1) is 11.3 Å². The first-order valence-corrected chi connectivity index (χ1v) is 7.89. The second-order valence-corrected chi connectivity index (χ2v) is 6.37. The van der Waals surface area contributed by atoms with Crippen molar-refractivity contribution in [2.75, 3.05) is 0 Å². The van der Waals surface area contributed by atoms with Gasteiger partial charge in [0.2, 0.25) is 10.0 Å². The molecule has 0 aliphatic carbocycles. The number of benzene rings is 1. The quantitative estimate of drug-likeness (QED) is 0.854. The largest absolute Gasteiger partial charge is 0.295 e. The number of nitrogens with zero attached hydrogens (tertiary/aromatic N) is 1. The van der Waals surface area contributed by atoms with Crippen molar-refractivity contribution in [3.05, 3.63) is 46.4 Å². The molecule has 1 aromatic heterocycles. The first-order chi connectivity index (χ1) is 8.99. The Kier molecular flexibility index (Phi) is 4.08. The van der Waals surface area contributed by atoms with E-state index in [1.165, 1.54) is 42.5 Å². The van der Waals surface area contributed by atoms with Crippen LogP contribution in [-0.4, -0.2) is 19.2 Å². The van der Waals surface area contributed by atoms with Gasteiger partial charge < -0.3 is 0 Å². The topological polar surface area (TPSA) is 76.1 Å².